The van der Waals surface area contributed by atoms with Crippen LogP contribution in [-0.2, 0) is 9.63 Å². The predicted octanol–water partition coefficient (Wildman–Crippen LogP) is 3.50. The number of carbonyl (C=O) groups is 1. The van der Waals surface area contributed by atoms with Gasteiger partial charge >= 0.3 is 5.97 Å². The van der Waals surface area contributed by atoms with E-state index in [0.717, 1.165) is 5.56 Å². The van der Waals surface area contributed by atoms with Crippen LogP contribution in [0.3, 0.4) is 0 Å². The zero-order chi connectivity index (χ0) is 13.0. The Morgan fingerprint density at radius 1 is 1.33 bits per heavy atom. The highest BCUT2D eigenvalue weighted by Gasteiger charge is 2.06. The second kappa shape index (κ2) is 5.51. The molecule has 18 heavy (non-hydrogen) atoms. The van der Waals surface area contributed by atoms with Crippen LogP contribution < -0.4 is 0 Å². The summed E-state index contributed by atoms with van der Waals surface area (Å²) in [5, 5.41) is 4.08. The molecule has 2 rings (SSSR count). The molecule has 2 aromatic rings. The largest absolute Gasteiger partial charge is 0.455 e. The molecular weight excluding hydrogens is 254 g/mol. The van der Waals surface area contributed by atoms with Crippen molar-refractivity contribution in [2.75, 3.05) is 0 Å². The first-order chi connectivity index (χ1) is 8.66. The van der Waals surface area contributed by atoms with Crippen LogP contribution in [0, 0.1) is 0 Å². The Hall–Kier alpha value is -2.07. The summed E-state index contributed by atoms with van der Waals surface area (Å²) in [6, 6.07) is 10.8. The summed E-state index contributed by atoms with van der Waals surface area (Å²) in [6.45, 7) is 1.27. The van der Waals surface area contributed by atoms with Gasteiger partial charge in [-0.2, -0.15) is 0 Å². The van der Waals surface area contributed by atoms with Gasteiger partial charge in [0.25, 0.3) is 0 Å². The summed E-state index contributed by atoms with van der Waals surface area (Å²) >= 11 is 6.05. The molecule has 0 atom stereocenters. The lowest BCUT2D eigenvalue weighted by Crippen LogP contribution is -1.90. The van der Waals surface area contributed by atoms with Gasteiger partial charge in [-0.05, 0) is 24.3 Å². The third-order valence-corrected chi connectivity index (χ3v) is 2.46. The van der Waals surface area contributed by atoms with E-state index in [1.54, 1.807) is 18.2 Å². The lowest BCUT2D eigenvalue weighted by Gasteiger charge is -1.98. The first kappa shape index (κ1) is 12.4. The summed E-state index contributed by atoms with van der Waals surface area (Å²) in [5.74, 6) is 0.625. The van der Waals surface area contributed by atoms with Crippen LogP contribution in [0.25, 0.3) is 11.3 Å². The minimum absolute atomic E-state index is 0.478. The zero-order valence-corrected chi connectivity index (χ0v) is 10.3. The van der Waals surface area contributed by atoms with Gasteiger partial charge < -0.3 is 9.25 Å². The van der Waals surface area contributed by atoms with E-state index in [1.807, 2.05) is 18.2 Å². The minimum atomic E-state index is -0.482. The minimum Gasteiger partial charge on any atom is -0.455 e. The molecule has 0 bridgehead atoms. The van der Waals surface area contributed by atoms with E-state index < -0.39 is 5.97 Å². The molecule has 0 spiro atoms. The van der Waals surface area contributed by atoms with Crippen LogP contribution in [0.1, 0.15) is 12.7 Å². The Morgan fingerprint density at radius 3 is 2.83 bits per heavy atom. The van der Waals surface area contributed by atoms with Crippen LogP contribution in [0.5, 0.6) is 0 Å². The van der Waals surface area contributed by atoms with E-state index >= 15 is 0 Å². The normalized spacial score (nSPS) is 10.8. The molecule has 92 valence electrons. The average molecular weight is 264 g/mol. The summed E-state index contributed by atoms with van der Waals surface area (Å²) in [5.41, 5.74) is 0.798. The molecule has 0 saturated carbocycles. The number of hydrogen-bond donors (Lipinski definition) is 0. The standard InChI is InChI=1S/C13H10ClNO3/c1-9(16)18-15-8-10-6-7-13(17-10)11-4-2-3-5-12(11)14/h2-8H,1H3/b15-8-. The molecule has 0 radical (unpaired) electrons. The third kappa shape index (κ3) is 2.99. The van der Waals surface area contributed by atoms with Gasteiger partial charge in [-0.15, -0.1) is 0 Å². The Kier molecular flexibility index (Phi) is 3.79. The fraction of sp³-hybridized carbons (Fsp3) is 0.0769. The Bertz CT molecular complexity index is 589. The molecule has 0 aliphatic heterocycles. The number of halogens is 1. The van der Waals surface area contributed by atoms with Gasteiger partial charge in [0.15, 0.2) is 0 Å². The van der Waals surface area contributed by atoms with E-state index in [9.17, 15) is 4.79 Å². The van der Waals surface area contributed by atoms with Crippen molar-refractivity contribution in [1.82, 2.24) is 0 Å². The van der Waals surface area contributed by atoms with Gasteiger partial charge in [0.2, 0.25) is 0 Å². The second-order valence-electron chi connectivity index (χ2n) is 3.50. The summed E-state index contributed by atoms with van der Waals surface area (Å²) in [6.07, 6.45) is 1.32. The molecule has 5 heteroatoms. The average Bonchev–Trinajstić information content (AvgIpc) is 2.78. The number of furan rings is 1. The maximum Gasteiger partial charge on any atom is 0.331 e. The van der Waals surface area contributed by atoms with Gasteiger partial charge in [0.05, 0.1) is 5.02 Å². The maximum atomic E-state index is 10.5. The molecule has 1 aromatic heterocycles. The summed E-state index contributed by atoms with van der Waals surface area (Å²) in [4.78, 5) is 15.0. The fourth-order valence-corrected chi connectivity index (χ4v) is 1.61. The third-order valence-electron chi connectivity index (χ3n) is 2.13. The lowest BCUT2D eigenvalue weighted by atomic mass is 10.2. The molecule has 1 aromatic carbocycles. The van der Waals surface area contributed by atoms with Gasteiger partial charge in [-0.25, -0.2) is 4.79 Å². The van der Waals surface area contributed by atoms with Crippen molar-refractivity contribution in [1.29, 1.82) is 0 Å². The predicted molar refractivity (Wildman–Crippen MR) is 68.5 cm³/mol. The highest BCUT2D eigenvalue weighted by molar-refractivity contribution is 6.33. The molecule has 0 N–H and O–H groups in total. The van der Waals surface area contributed by atoms with Crippen molar-refractivity contribution < 1.29 is 14.0 Å². The zero-order valence-electron chi connectivity index (χ0n) is 9.59. The van der Waals surface area contributed by atoms with Crippen LogP contribution in [0.4, 0.5) is 0 Å². The van der Waals surface area contributed by atoms with Crippen molar-refractivity contribution in [3.8, 4) is 11.3 Å². The van der Waals surface area contributed by atoms with Gasteiger partial charge in [0, 0.05) is 12.5 Å². The Balaban J connectivity index is 2.18. The number of oxime groups is 1. The van der Waals surface area contributed by atoms with E-state index in [1.165, 1.54) is 13.1 Å². The molecule has 0 unspecified atom stereocenters. The van der Waals surface area contributed by atoms with E-state index in [0.29, 0.717) is 16.5 Å². The SMILES string of the molecule is CC(=O)O/N=C\c1ccc(-c2ccccc2Cl)o1. The molecule has 0 aliphatic rings. The number of benzene rings is 1. The summed E-state index contributed by atoms with van der Waals surface area (Å²) in [7, 11) is 0. The number of nitrogens with zero attached hydrogens (tertiary/aromatic N) is 1. The molecule has 0 saturated heterocycles. The van der Waals surface area contributed by atoms with E-state index in [-0.39, 0.29) is 0 Å². The molecule has 0 fully saturated rings. The maximum absolute atomic E-state index is 10.5. The number of hydrogen-bond acceptors (Lipinski definition) is 4. The van der Waals surface area contributed by atoms with Crippen LogP contribution in [0.2, 0.25) is 5.02 Å². The Morgan fingerprint density at radius 2 is 2.11 bits per heavy atom. The molecular formula is C13H10ClNO3. The molecule has 0 aliphatic carbocycles. The second-order valence-corrected chi connectivity index (χ2v) is 3.91. The van der Waals surface area contributed by atoms with E-state index in [2.05, 4.69) is 9.99 Å². The summed E-state index contributed by atoms with van der Waals surface area (Å²) < 4.78 is 5.51. The number of rotatable bonds is 3. The topological polar surface area (TPSA) is 51.8 Å². The van der Waals surface area contributed by atoms with Crippen molar-refractivity contribution in [2.45, 2.75) is 6.92 Å². The van der Waals surface area contributed by atoms with Crippen molar-refractivity contribution in [3.05, 3.63) is 47.2 Å². The van der Waals surface area contributed by atoms with Crippen molar-refractivity contribution >= 4 is 23.8 Å². The quantitative estimate of drug-likeness (QED) is 0.484. The number of carbonyl (C=O) groups excluding carboxylic acids is 1. The van der Waals surface area contributed by atoms with E-state index in [4.69, 9.17) is 16.0 Å². The van der Waals surface area contributed by atoms with Crippen LogP contribution in [0.15, 0.2) is 46.0 Å². The van der Waals surface area contributed by atoms with Gasteiger partial charge in [-0.1, -0.05) is 28.9 Å². The van der Waals surface area contributed by atoms with Crippen LogP contribution in [-0.4, -0.2) is 12.2 Å². The first-order valence-electron chi connectivity index (χ1n) is 5.22. The Labute approximate surface area is 109 Å². The fourth-order valence-electron chi connectivity index (χ4n) is 1.38. The van der Waals surface area contributed by atoms with Crippen molar-refractivity contribution in [2.24, 2.45) is 5.16 Å². The highest BCUT2D eigenvalue weighted by Crippen LogP contribution is 2.28. The van der Waals surface area contributed by atoms with Crippen LogP contribution >= 0.6 is 11.6 Å². The molecule has 0 amide bonds. The highest BCUT2D eigenvalue weighted by atomic mass is 35.5. The monoisotopic (exact) mass is 263 g/mol. The van der Waals surface area contributed by atoms with Gasteiger partial charge in [-0.3, -0.25) is 0 Å². The first-order valence-corrected chi connectivity index (χ1v) is 5.60. The van der Waals surface area contributed by atoms with Crippen molar-refractivity contribution in [3.63, 3.8) is 0 Å². The smallest absolute Gasteiger partial charge is 0.331 e. The molecule has 1 heterocycles. The van der Waals surface area contributed by atoms with Gasteiger partial charge in [0.1, 0.15) is 17.7 Å². The molecule has 4 nitrogen and oxygen atoms in total. The lowest BCUT2D eigenvalue weighted by molar-refractivity contribution is -0.140.